The van der Waals surface area contributed by atoms with Gasteiger partial charge in [-0.05, 0) is 18.4 Å². The van der Waals surface area contributed by atoms with Gasteiger partial charge in [0.2, 0.25) is 0 Å². The van der Waals surface area contributed by atoms with Crippen molar-refractivity contribution < 1.29 is 0 Å². The molecule has 1 nitrogen and oxygen atoms in total. The molecule has 1 rings (SSSR count). The zero-order chi connectivity index (χ0) is 6.53. The van der Waals surface area contributed by atoms with Crippen LogP contribution in [0, 0.1) is 0 Å². The molecule has 0 radical (unpaired) electrons. The average molecular weight is 157 g/mol. The maximum absolute atomic E-state index is 3.91. The third-order valence-corrected chi connectivity index (χ3v) is 2.54. The van der Waals surface area contributed by atoms with Crippen LogP contribution in [-0.4, -0.2) is 11.2 Å². The van der Waals surface area contributed by atoms with Crippen LogP contribution in [0.3, 0.4) is 0 Å². The van der Waals surface area contributed by atoms with Crippen LogP contribution in [0.5, 0.6) is 0 Å². The first-order chi connectivity index (χ1) is 4.43. The highest BCUT2D eigenvalue weighted by atomic mass is 33.1. The van der Waals surface area contributed by atoms with Gasteiger partial charge in [-0.1, -0.05) is 21.6 Å². The van der Waals surface area contributed by atoms with E-state index in [1.807, 2.05) is 12.1 Å². The van der Waals surface area contributed by atoms with E-state index in [0.29, 0.717) is 0 Å². The highest BCUT2D eigenvalue weighted by Crippen LogP contribution is 2.26. The van der Waals surface area contributed by atoms with Crippen molar-refractivity contribution in [1.82, 2.24) is 4.98 Å². The van der Waals surface area contributed by atoms with E-state index in [1.165, 1.54) is 4.90 Å². The van der Waals surface area contributed by atoms with Crippen LogP contribution in [0.15, 0.2) is 29.4 Å². The molecule has 0 spiro atoms. The lowest BCUT2D eigenvalue weighted by molar-refractivity contribution is 1.27. The van der Waals surface area contributed by atoms with Crippen molar-refractivity contribution in [3.8, 4) is 0 Å². The summed E-state index contributed by atoms with van der Waals surface area (Å²) in [7, 11) is 3.50. The molecule has 0 aliphatic carbocycles. The summed E-state index contributed by atoms with van der Waals surface area (Å²) in [5.74, 6) is 0. The largest absolute Gasteiger partial charge is 0.265 e. The summed E-state index contributed by atoms with van der Waals surface area (Å²) < 4.78 is 0. The fourth-order valence-electron chi connectivity index (χ4n) is 0.490. The van der Waals surface area contributed by atoms with Gasteiger partial charge in [-0.2, -0.15) is 0 Å². The van der Waals surface area contributed by atoms with Crippen molar-refractivity contribution in [2.24, 2.45) is 0 Å². The molecule has 0 amide bonds. The number of rotatable bonds is 2. The smallest absolute Gasteiger partial charge is 0.0279 e. The minimum Gasteiger partial charge on any atom is -0.265 e. The van der Waals surface area contributed by atoms with Gasteiger partial charge in [0.1, 0.15) is 0 Å². The summed E-state index contributed by atoms with van der Waals surface area (Å²) in [6.45, 7) is 0. The van der Waals surface area contributed by atoms with Crippen LogP contribution in [-0.2, 0) is 0 Å². The van der Waals surface area contributed by atoms with E-state index in [2.05, 4.69) is 11.2 Å². The summed E-state index contributed by atoms with van der Waals surface area (Å²) in [5, 5.41) is 0. The first kappa shape index (κ1) is 6.96. The first-order valence-corrected chi connectivity index (χ1v) is 5.10. The Labute approximate surface area is 62.7 Å². The van der Waals surface area contributed by atoms with Crippen LogP contribution in [0.2, 0.25) is 0 Å². The predicted octanol–water partition coefficient (Wildman–Crippen LogP) is 2.45. The van der Waals surface area contributed by atoms with Crippen molar-refractivity contribution >= 4 is 21.6 Å². The first-order valence-electron chi connectivity index (χ1n) is 2.54. The number of hydrogen-bond donors (Lipinski definition) is 0. The molecule has 0 saturated heterocycles. The van der Waals surface area contributed by atoms with Crippen molar-refractivity contribution in [1.29, 1.82) is 0 Å². The van der Waals surface area contributed by atoms with Gasteiger partial charge in [0.05, 0.1) is 0 Å². The van der Waals surface area contributed by atoms with Gasteiger partial charge in [-0.3, -0.25) is 4.98 Å². The molecule has 0 unspecified atom stereocenters. The molecule has 0 aliphatic rings. The Bertz CT molecular complexity index is 164. The molecule has 0 saturated carbocycles. The van der Waals surface area contributed by atoms with Crippen LogP contribution < -0.4 is 0 Å². The van der Waals surface area contributed by atoms with E-state index in [4.69, 9.17) is 0 Å². The second-order valence-electron chi connectivity index (χ2n) is 1.43. The molecule has 1 aromatic rings. The zero-order valence-corrected chi connectivity index (χ0v) is 6.71. The zero-order valence-electron chi connectivity index (χ0n) is 5.07. The van der Waals surface area contributed by atoms with Gasteiger partial charge < -0.3 is 0 Å². The van der Waals surface area contributed by atoms with Gasteiger partial charge in [0.25, 0.3) is 0 Å². The Hall–Kier alpha value is -0.150. The topological polar surface area (TPSA) is 12.9 Å². The molecular formula is C6H7NS2. The number of nitrogens with zero attached hydrogens (tertiary/aromatic N) is 1. The molecule has 0 fully saturated rings. The highest BCUT2D eigenvalue weighted by molar-refractivity contribution is 8.76. The highest BCUT2D eigenvalue weighted by Gasteiger charge is 1.86. The Morgan fingerprint density at radius 1 is 1.33 bits per heavy atom. The minimum absolute atomic E-state index is 1.26. The molecule has 48 valence electrons. The molecule has 0 aromatic carbocycles. The van der Waals surface area contributed by atoms with Gasteiger partial charge >= 0.3 is 0 Å². The maximum atomic E-state index is 3.91. The summed E-state index contributed by atoms with van der Waals surface area (Å²) in [6.07, 6.45) is 5.67. The summed E-state index contributed by atoms with van der Waals surface area (Å²) in [5.41, 5.74) is 0. The molecule has 3 heteroatoms. The van der Waals surface area contributed by atoms with Crippen molar-refractivity contribution in [3.05, 3.63) is 24.5 Å². The molecule has 1 heterocycles. The van der Waals surface area contributed by atoms with Crippen molar-refractivity contribution in [2.75, 3.05) is 6.26 Å². The molecule has 0 aliphatic heterocycles. The SMILES string of the molecule is CSSc1ccncc1. The van der Waals surface area contributed by atoms with E-state index in [1.54, 1.807) is 34.0 Å². The minimum atomic E-state index is 1.26. The quantitative estimate of drug-likeness (QED) is 0.612. The van der Waals surface area contributed by atoms with Gasteiger partial charge in [-0.25, -0.2) is 0 Å². The summed E-state index contributed by atoms with van der Waals surface area (Å²) in [4.78, 5) is 5.17. The van der Waals surface area contributed by atoms with Crippen molar-refractivity contribution in [3.63, 3.8) is 0 Å². The van der Waals surface area contributed by atoms with E-state index >= 15 is 0 Å². The van der Waals surface area contributed by atoms with Crippen LogP contribution in [0.25, 0.3) is 0 Å². The number of hydrogen-bond acceptors (Lipinski definition) is 3. The fourth-order valence-corrected chi connectivity index (χ4v) is 1.83. The van der Waals surface area contributed by atoms with Crippen LogP contribution in [0.1, 0.15) is 0 Å². The maximum Gasteiger partial charge on any atom is 0.0279 e. The normalized spacial score (nSPS) is 9.44. The second kappa shape index (κ2) is 3.80. The monoisotopic (exact) mass is 157 g/mol. The van der Waals surface area contributed by atoms with E-state index < -0.39 is 0 Å². The molecular weight excluding hydrogens is 150 g/mol. The number of aromatic nitrogens is 1. The lowest BCUT2D eigenvalue weighted by Gasteiger charge is -1.92. The molecule has 0 atom stereocenters. The average Bonchev–Trinajstić information content (AvgIpc) is 1.91. The predicted molar refractivity (Wildman–Crippen MR) is 43.6 cm³/mol. The Morgan fingerprint density at radius 2 is 2.00 bits per heavy atom. The van der Waals surface area contributed by atoms with Gasteiger partial charge in [0.15, 0.2) is 0 Å². The standard InChI is InChI=1S/C6H7NS2/c1-8-9-6-2-4-7-5-3-6/h2-5H,1H3. The summed E-state index contributed by atoms with van der Waals surface area (Å²) in [6, 6.07) is 4.00. The lowest BCUT2D eigenvalue weighted by Crippen LogP contribution is -1.67. The summed E-state index contributed by atoms with van der Waals surface area (Å²) >= 11 is 0. The van der Waals surface area contributed by atoms with E-state index in [9.17, 15) is 0 Å². The lowest BCUT2D eigenvalue weighted by atomic mass is 10.5. The van der Waals surface area contributed by atoms with Crippen LogP contribution >= 0.6 is 21.6 Å². The third-order valence-electron chi connectivity index (χ3n) is 0.829. The van der Waals surface area contributed by atoms with Gasteiger partial charge in [0, 0.05) is 17.3 Å². The van der Waals surface area contributed by atoms with E-state index in [-0.39, 0.29) is 0 Å². The fraction of sp³-hybridized carbons (Fsp3) is 0.167. The molecule has 9 heavy (non-hydrogen) atoms. The number of pyridine rings is 1. The molecule has 1 aromatic heterocycles. The van der Waals surface area contributed by atoms with E-state index in [0.717, 1.165) is 0 Å². The Morgan fingerprint density at radius 3 is 2.56 bits per heavy atom. The van der Waals surface area contributed by atoms with Crippen molar-refractivity contribution in [2.45, 2.75) is 4.90 Å². The Balaban J connectivity index is 2.61. The molecule has 0 bridgehead atoms. The van der Waals surface area contributed by atoms with Crippen LogP contribution in [0.4, 0.5) is 0 Å². The Kier molecular flexibility index (Phi) is 2.94. The van der Waals surface area contributed by atoms with Gasteiger partial charge in [-0.15, -0.1) is 0 Å². The molecule has 0 N–H and O–H groups in total. The second-order valence-corrected chi connectivity index (χ2v) is 3.90. The third kappa shape index (κ3) is 2.28.